The van der Waals surface area contributed by atoms with E-state index in [0.29, 0.717) is 6.61 Å². The van der Waals surface area contributed by atoms with Crippen molar-refractivity contribution in [3.63, 3.8) is 0 Å². The minimum absolute atomic E-state index is 0.534. The molecular weight excluding hydrogens is 286 g/mol. The summed E-state index contributed by atoms with van der Waals surface area (Å²) in [6.07, 6.45) is 8.33. The van der Waals surface area contributed by atoms with Gasteiger partial charge in [0.05, 0.1) is 12.3 Å². The Morgan fingerprint density at radius 3 is 2.96 bits per heavy atom. The summed E-state index contributed by atoms with van der Waals surface area (Å²) in [5.41, 5.74) is 6.54. The zero-order valence-electron chi connectivity index (χ0n) is 13.9. The summed E-state index contributed by atoms with van der Waals surface area (Å²) in [7, 11) is 1.69. The fourth-order valence-electron chi connectivity index (χ4n) is 2.76. The van der Waals surface area contributed by atoms with Crippen molar-refractivity contribution in [2.24, 2.45) is 0 Å². The second-order valence-corrected chi connectivity index (χ2v) is 6.16. The fourth-order valence-corrected chi connectivity index (χ4v) is 2.76. The average molecular weight is 309 g/mol. The lowest BCUT2D eigenvalue weighted by atomic mass is 10.1. The zero-order valence-corrected chi connectivity index (χ0v) is 13.9. The monoisotopic (exact) mass is 309 g/mol. The van der Waals surface area contributed by atoms with E-state index in [1.807, 2.05) is 13.1 Å². The highest BCUT2D eigenvalue weighted by molar-refractivity contribution is 5.85. The molecule has 0 radical (unpaired) electrons. The molecule has 1 saturated carbocycles. The lowest BCUT2D eigenvalue weighted by Crippen LogP contribution is -1.91. The molecule has 0 aromatic carbocycles. The first-order chi connectivity index (χ1) is 11.1. The predicted molar refractivity (Wildman–Crippen MR) is 94.2 cm³/mol. The Bertz CT molecular complexity index is 795. The van der Waals surface area contributed by atoms with Crippen LogP contribution in [-0.4, -0.2) is 12.1 Å². The molecule has 3 heteroatoms. The summed E-state index contributed by atoms with van der Waals surface area (Å²) in [6.45, 7) is 10.6. The quantitative estimate of drug-likeness (QED) is 0.646. The van der Waals surface area contributed by atoms with Crippen molar-refractivity contribution in [3.05, 3.63) is 59.7 Å². The summed E-state index contributed by atoms with van der Waals surface area (Å²) >= 11 is 0. The zero-order chi connectivity index (χ0) is 16.4. The molecule has 0 unspecified atom stereocenters. The lowest BCUT2D eigenvalue weighted by molar-refractivity contribution is 0.185. The lowest BCUT2D eigenvalue weighted by Gasteiger charge is -2.01. The van der Waals surface area contributed by atoms with Crippen LogP contribution >= 0.6 is 0 Å². The van der Waals surface area contributed by atoms with E-state index in [2.05, 4.69) is 30.3 Å². The molecule has 0 spiro atoms. The fraction of sp³-hybridized carbons (Fsp3) is 0.350. The van der Waals surface area contributed by atoms with Crippen molar-refractivity contribution >= 4 is 16.5 Å². The Morgan fingerprint density at radius 1 is 1.48 bits per heavy atom. The van der Waals surface area contributed by atoms with E-state index in [-0.39, 0.29) is 0 Å². The number of fused-ring (bicyclic) bond motifs is 1. The van der Waals surface area contributed by atoms with E-state index in [0.717, 1.165) is 59.2 Å². The second-order valence-electron chi connectivity index (χ2n) is 6.16. The maximum Gasteiger partial charge on any atom is 0.156 e. The van der Waals surface area contributed by atoms with E-state index >= 15 is 0 Å². The van der Waals surface area contributed by atoms with Gasteiger partial charge < -0.3 is 9.15 Å². The molecule has 3 nitrogen and oxygen atoms in total. The van der Waals surface area contributed by atoms with Crippen molar-refractivity contribution in [3.8, 4) is 0 Å². The minimum atomic E-state index is 0.534. The smallest absolute Gasteiger partial charge is 0.156 e. The number of rotatable bonds is 7. The highest BCUT2D eigenvalue weighted by Crippen LogP contribution is 2.35. The number of pyridine rings is 1. The van der Waals surface area contributed by atoms with Crippen molar-refractivity contribution in [1.82, 2.24) is 4.98 Å². The molecule has 23 heavy (non-hydrogen) atoms. The van der Waals surface area contributed by atoms with Crippen LogP contribution in [0.4, 0.5) is 0 Å². The van der Waals surface area contributed by atoms with Gasteiger partial charge in [0.2, 0.25) is 0 Å². The highest BCUT2D eigenvalue weighted by atomic mass is 16.5. The van der Waals surface area contributed by atoms with Crippen LogP contribution in [0.5, 0.6) is 0 Å². The predicted octanol–water partition coefficient (Wildman–Crippen LogP) is 5.35. The molecule has 0 bridgehead atoms. The average Bonchev–Trinajstić information content (AvgIpc) is 3.05. The van der Waals surface area contributed by atoms with Crippen molar-refractivity contribution in [1.29, 1.82) is 0 Å². The van der Waals surface area contributed by atoms with E-state index in [4.69, 9.17) is 9.15 Å². The number of nitrogens with zero attached hydrogens (tertiary/aromatic N) is 1. The van der Waals surface area contributed by atoms with Crippen LogP contribution in [0.25, 0.3) is 16.5 Å². The van der Waals surface area contributed by atoms with E-state index < -0.39 is 0 Å². The van der Waals surface area contributed by atoms with Crippen molar-refractivity contribution in [2.45, 2.75) is 39.2 Å². The van der Waals surface area contributed by atoms with E-state index in [9.17, 15) is 0 Å². The van der Waals surface area contributed by atoms with Crippen LogP contribution in [0.1, 0.15) is 42.7 Å². The Morgan fingerprint density at radius 2 is 2.26 bits per heavy atom. The molecule has 0 saturated heterocycles. The van der Waals surface area contributed by atoms with Crippen LogP contribution in [0.15, 0.2) is 47.1 Å². The third kappa shape index (κ3) is 3.45. The molecular formula is C20H23NO2. The molecule has 0 atom stereocenters. The summed E-state index contributed by atoms with van der Waals surface area (Å²) in [4.78, 5) is 4.39. The molecule has 2 aromatic rings. The standard InChI is InChI=1S/C20H23NO2/c1-13(7-5-6-8-16-9-14(16)2)19-10-18-17(12-22-4)11-21-15(3)20(18)23-19/h8,10-11H,1-2,5-7,9,12H2,3-4H3/b16-8-. The van der Waals surface area contributed by atoms with E-state index in [1.54, 1.807) is 7.11 Å². The molecule has 3 rings (SSSR count). The molecule has 0 N–H and O–H groups in total. The van der Waals surface area contributed by atoms with Gasteiger partial charge in [-0.05, 0) is 55.4 Å². The Balaban J connectivity index is 1.71. The number of unbranched alkanes of at least 4 members (excludes halogenated alkanes) is 1. The number of methoxy groups -OCH3 is 1. The van der Waals surface area contributed by atoms with Crippen molar-refractivity contribution < 1.29 is 9.15 Å². The highest BCUT2D eigenvalue weighted by Gasteiger charge is 2.16. The topological polar surface area (TPSA) is 35.3 Å². The first-order valence-corrected chi connectivity index (χ1v) is 8.02. The molecule has 2 heterocycles. The van der Waals surface area contributed by atoms with Crippen LogP contribution in [0.3, 0.4) is 0 Å². The first-order valence-electron chi connectivity index (χ1n) is 8.02. The second kappa shape index (κ2) is 6.55. The third-order valence-corrected chi connectivity index (χ3v) is 4.28. The number of furan rings is 1. The third-order valence-electron chi connectivity index (χ3n) is 4.28. The molecule has 0 amide bonds. The Labute approximate surface area is 137 Å². The van der Waals surface area contributed by atoms with Gasteiger partial charge in [0, 0.05) is 24.3 Å². The number of ether oxygens (including phenoxy) is 1. The van der Waals surface area contributed by atoms with Gasteiger partial charge in [-0.3, -0.25) is 4.98 Å². The van der Waals surface area contributed by atoms with Crippen molar-refractivity contribution in [2.75, 3.05) is 7.11 Å². The summed E-state index contributed by atoms with van der Waals surface area (Å²) in [5.74, 6) is 0.858. The molecule has 2 aromatic heterocycles. The van der Waals surface area contributed by atoms with Gasteiger partial charge in [-0.15, -0.1) is 0 Å². The maximum atomic E-state index is 6.01. The normalized spacial score (nSPS) is 15.6. The Kier molecular flexibility index (Phi) is 4.49. The van der Waals surface area contributed by atoms with Gasteiger partial charge >= 0.3 is 0 Å². The van der Waals surface area contributed by atoms with Gasteiger partial charge in [-0.25, -0.2) is 0 Å². The van der Waals surface area contributed by atoms with E-state index in [1.165, 1.54) is 11.1 Å². The molecule has 1 fully saturated rings. The summed E-state index contributed by atoms with van der Waals surface area (Å²) < 4.78 is 11.3. The summed E-state index contributed by atoms with van der Waals surface area (Å²) in [5, 5.41) is 1.08. The molecule has 1 aliphatic carbocycles. The van der Waals surface area contributed by atoms with Gasteiger partial charge in [-0.1, -0.05) is 19.2 Å². The summed E-state index contributed by atoms with van der Waals surface area (Å²) in [6, 6.07) is 2.07. The minimum Gasteiger partial charge on any atom is -0.455 e. The van der Waals surface area contributed by atoms with Crippen LogP contribution in [0.2, 0.25) is 0 Å². The van der Waals surface area contributed by atoms with Crippen LogP contribution in [0, 0.1) is 6.92 Å². The SMILES string of the molecule is C=C1C/C1=C/CCCC(=C)c1cc2c(COC)cnc(C)c2o1. The number of hydrogen-bond acceptors (Lipinski definition) is 3. The molecule has 0 aliphatic heterocycles. The van der Waals surface area contributed by atoms with Gasteiger partial charge in [0.15, 0.2) is 5.58 Å². The molecule has 120 valence electrons. The number of aromatic nitrogens is 1. The number of hydrogen-bond donors (Lipinski definition) is 0. The number of aryl methyl sites for hydroxylation is 1. The van der Waals surface area contributed by atoms with Crippen LogP contribution in [-0.2, 0) is 11.3 Å². The van der Waals surface area contributed by atoms with Gasteiger partial charge in [-0.2, -0.15) is 0 Å². The van der Waals surface area contributed by atoms with Gasteiger partial charge in [0.1, 0.15) is 5.76 Å². The largest absolute Gasteiger partial charge is 0.455 e. The maximum absolute atomic E-state index is 6.01. The Hall–Kier alpha value is -2.13. The number of allylic oxidation sites excluding steroid dienone is 4. The molecule has 1 aliphatic rings. The van der Waals surface area contributed by atoms with Gasteiger partial charge in [0.25, 0.3) is 0 Å². The van der Waals surface area contributed by atoms with Crippen LogP contribution < -0.4 is 0 Å². The first kappa shape index (κ1) is 15.8.